The molecule has 0 aliphatic carbocycles. The minimum atomic E-state index is -5.25. The fourth-order valence-electron chi connectivity index (χ4n) is 1.25. The minimum absolute atomic E-state index is 0.105. The van der Waals surface area contributed by atoms with Gasteiger partial charge in [-0.1, -0.05) is 0 Å². The number of aromatic nitrogens is 1. The SMILES string of the molecule is CCOC(=O)c1cc(C(F)F)c(C(F)(F)F)nc1F. The Labute approximate surface area is 103 Å². The number of pyridine rings is 1. The van der Waals surface area contributed by atoms with E-state index < -0.39 is 41.3 Å². The zero-order chi connectivity index (χ0) is 14.8. The molecule has 0 radical (unpaired) electrons. The lowest BCUT2D eigenvalue weighted by atomic mass is 10.1. The van der Waals surface area contributed by atoms with Gasteiger partial charge in [0, 0.05) is 5.56 Å². The highest BCUT2D eigenvalue weighted by molar-refractivity contribution is 5.89. The summed E-state index contributed by atoms with van der Waals surface area (Å²) in [4.78, 5) is 13.6. The summed E-state index contributed by atoms with van der Waals surface area (Å²) in [5.41, 5.74) is -4.70. The van der Waals surface area contributed by atoms with E-state index >= 15 is 0 Å². The summed E-state index contributed by atoms with van der Waals surface area (Å²) in [6, 6.07) is 0.105. The third-order valence-corrected chi connectivity index (χ3v) is 2.00. The van der Waals surface area contributed by atoms with Gasteiger partial charge in [0.2, 0.25) is 5.95 Å². The maximum absolute atomic E-state index is 13.2. The maximum atomic E-state index is 13.2. The quantitative estimate of drug-likeness (QED) is 0.486. The van der Waals surface area contributed by atoms with Gasteiger partial charge in [0.15, 0.2) is 5.69 Å². The Morgan fingerprint density at radius 1 is 1.42 bits per heavy atom. The highest BCUT2D eigenvalue weighted by atomic mass is 19.4. The van der Waals surface area contributed by atoms with Crippen LogP contribution in [-0.2, 0) is 10.9 Å². The second-order valence-electron chi connectivity index (χ2n) is 3.28. The number of rotatable bonds is 3. The van der Waals surface area contributed by atoms with E-state index in [9.17, 15) is 31.1 Å². The summed E-state index contributed by atoms with van der Waals surface area (Å²) < 4.78 is 79.7. The largest absolute Gasteiger partial charge is 0.462 e. The summed E-state index contributed by atoms with van der Waals surface area (Å²) in [5, 5.41) is 0. The van der Waals surface area contributed by atoms with E-state index in [1.54, 1.807) is 0 Å². The predicted molar refractivity (Wildman–Crippen MR) is 50.1 cm³/mol. The molecule has 1 rings (SSSR count). The molecular formula is C10H7F6NO2. The van der Waals surface area contributed by atoms with Crippen molar-refractivity contribution in [3.63, 3.8) is 0 Å². The van der Waals surface area contributed by atoms with Gasteiger partial charge < -0.3 is 4.74 Å². The molecule has 0 saturated carbocycles. The van der Waals surface area contributed by atoms with E-state index in [0.29, 0.717) is 0 Å². The second-order valence-corrected chi connectivity index (χ2v) is 3.28. The van der Waals surface area contributed by atoms with Crippen LogP contribution in [0.5, 0.6) is 0 Å². The minimum Gasteiger partial charge on any atom is -0.462 e. The first kappa shape index (κ1) is 15.3. The average molecular weight is 287 g/mol. The molecule has 0 aromatic carbocycles. The van der Waals surface area contributed by atoms with Crippen LogP contribution in [-0.4, -0.2) is 17.6 Å². The van der Waals surface area contributed by atoms with Crippen molar-refractivity contribution in [3.8, 4) is 0 Å². The van der Waals surface area contributed by atoms with E-state index in [1.165, 1.54) is 6.92 Å². The molecule has 0 unspecified atom stereocenters. The third kappa shape index (κ3) is 3.36. The Balaban J connectivity index is 3.41. The van der Waals surface area contributed by atoms with Crippen molar-refractivity contribution in [1.82, 2.24) is 4.98 Å². The van der Waals surface area contributed by atoms with Crippen molar-refractivity contribution < 1.29 is 35.9 Å². The lowest BCUT2D eigenvalue weighted by molar-refractivity contribution is -0.143. The number of carbonyl (C=O) groups excluding carboxylic acids is 1. The van der Waals surface area contributed by atoms with Gasteiger partial charge in [-0.3, -0.25) is 0 Å². The summed E-state index contributed by atoms with van der Waals surface area (Å²) in [5.74, 6) is -3.17. The number of alkyl halides is 5. The molecule has 0 atom stereocenters. The number of hydrogen-bond donors (Lipinski definition) is 0. The Kier molecular flexibility index (Phi) is 4.38. The van der Waals surface area contributed by atoms with Crippen LogP contribution in [0.15, 0.2) is 6.07 Å². The molecule has 106 valence electrons. The van der Waals surface area contributed by atoms with Crippen molar-refractivity contribution in [2.45, 2.75) is 19.5 Å². The van der Waals surface area contributed by atoms with Gasteiger partial charge in [0.1, 0.15) is 5.56 Å². The molecule has 1 aromatic rings. The number of hydrogen-bond acceptors (Lipinski definition) is 3. The Morgan fingerprint density at radius 2 is 2.00 bits per heavy atom. The highest BCUT2D eigenvalue weighted by Crippen LogP contribution is 2.35. The van der Waals surface area contributed by atoms with Gasteiger partial charge in [-0.25, -0.2) is 18.6 Å². The van der Waals surface area contributed by atoms with Crippen LogP contribution in [0.3, 0.4) is 0 Å². The molecule has 3 nitrogen and oxygen atoms in total. The van der Waals surface area contributed by atoms with Gasteiger partial charge in [0.25, 0.3) is 6.43 Å². The molecule has 0 aliphatic rings. The molecule has 0 amide bonds. The van der Waals surface area contributed by atoms with Crippen LogP contribution in [0, 0.1) is 5.95 Å². The summed E-state index contributed by atoms with van der Waals surface area (Å²) in [6.45, 7) is 1.17. The molecule has 0 aliphatic heterocycles. The summed E-state index contributed by atoms with van der Waals surface area (Å²) in [6.07, 6.45) is -8.81. The molecule has 9 heteroatoms. The van der Waals surface area contributed by atoms with Gasteiger partial charge >= 0.3 is 12.1 Å². The fraction of sp³-hybridized carbons (Fsp3) is 0.400. The lowest BCUT2D eigenvalue weighted by Crippen LogP contribution is -2.17. The zero-order valence-electron chi connectivity index (χ0n) is 9.39. The molecule has 1 heterocycles. The van der Waals surface area contributed by atoms with Gasteiger partial charge in [0.05, 0.1) is 6.61 Å². The molecule has 19 heavy (non-hydrogen) atoms. The molecule has 0 bridgehead atoms. The standard InChI is InChI=1S/C10H7F6NO2/c1-2-19-9(18)5-3-4(7(11)12)6(10(14,15)16)17-8(5)13/h3,7H,2H2,1H3. The van der Waals surface area contributed by atoms with E-state index in [1.807, 2.05) is 0 Å². The maximum Gasteiger partial charge on any atom is 0.433 e. The Morgan fingerprint density at radius 3 is 2.42 bits per heavy atom. The fourth-order valence-corrected chi connectivity index (χ4v) is 1.25. The number of carbonyl (C=O) groups is 1. The topological polar surface area (TPSA) is 39.2 Å². The van der Waals surface area contributed by atoms with Crippen LogP contribution in [0.4, 0.5) is 26.3 Å². The predicted octanol–water partition coefficient (Wildman–Crippen LogP) is 3.35. The van der Waals surface area contributed by atoms with E-state index in [0.717, 1.165) is 0 Å². The van der Waals surface area contributed by atoms with E-state index in [2.05, 4.69) is 9.72 Å². The smallest absolute Gasteiger partial charge is 0.433 e. The molecule has 1 aromatic heterocycles. The highest BCUT2D eigenvalue weighted by Gasteiger charge is 2.39. The van der Waals surface area contributed by atoms with Crippen LogP contribution < -0.4 is 0 Å². The van der Waals surface area contributed by atoms with E-state index in [4.69, 9.17) is 0 Å². The van der Waals surface area contributed by atoms with Crippen LogP contribution in [0.25, 0.3) is 0 Å². The van der Waals surface area contributed by atoms with E-state index in [-0.39, 0.29) is 12.7 Å². The number of halogens is 6. The average Bonchev–Trinajstić information content (AvgIpc) is 2.27. The van der Waals surface area contributed by atoms with Gasteiger partial charge in [-0.05, 0) is 13.0 Å². The van der Waals surface area contributed by atoms with Gasteiger partial charge in [-0.15, -0.1) is 0 Å². The molecular weight excluding hydrogens is 280 g/mol. The monoisotopic (exact) mass is 287 g/mol. The summed E-state index contributed by atoms with van der Waals surface area (Å²) >= 11 is 0. The Hall–Kier alpha value is -1.80. The first-order valence-corrected chi connectivity index (χ1v) is 4.91. The van der Waals surface area contributed by atoms with Gasteiger partial charge in [-0.2, -0.15) is 17.6 Å². The molecule has 0 saturated heterocycles. The molecule has 0 N–H and O–H groups in total. The van der Waals surface area contributed by atoms with Crippen LogP contribution >= 0.6 is 0 Å². The van der Waals surface area contributed by atoms with Crippen LogP contribution in [0.2, 0.25) is 0 Å². The second kappa shape index (κ2) is 5.45. The third-order valence-electron chi connectivity index (χ3n) is 2.00. The number of ether oxygens (including phenoxy) is 1. The van der Waals surface area contributed by atoms with Crippen molar-refractivity contribution in [2.24, 2.45) is 0 Å². The van der Waals surface area contributed by atoms with Crippen molar-refractivity contribution >= 4 is 5.97 Å². The zero-order valence-corrected chi connectivity index (χ0v) is 9.39. The molecule has 0 spiro atoms. The first-order valence-electron chi connectivity index (χ1n) is 4.91. The van der Waals surface area contributed by atoms with Crippen molar-refractivity contribution in [2.75, 3.05) is 6.61 Å². The normalized spacial score (nSPS) is 11.8. The molecule has 0 fully saturated rings. The lowest BCUT2D eigenvalue weighted by Gasteiger charge is -2.13. The number of nitrogens with zero attached hydrogens (tertiary/aromatic N) is 1. The van der Waals surface area contributed by atoms with Crippen LogP contribution in [0.1, 0.15) is 35.0 Å². The Bertz CT molecular complexity index is 486. The first-order chi connectivity index (χ1) is 8.68. The van der Waals surface area contributed by atoms with Crippen molar-refractivity contribution in [3.05, 3.63) is 28.8 Å². The number of esters is 1. The van der Waals surface area contributed by atoms with Crippen molar-refractivity contribution in [1.29, 1.82) is 0 Å². The summed E-state index contributed by atoms with van der Waals surface area (Å²) in [7, 11) is 0.